The molecular formula is C28H38F3N3O4. The molecule has 1 aromatic carbocycles. The molecule has 0 unspecified atom stereocenters. The van der Waals surface area contributed by atoms with Crippen molar-refractivity contribution in [1.82, 2.24) is 9.36 Å². The first kappa shape index (κ1) is 28.4. The highest BCUT2D eigenvalue weighted by Crippen LogP contribution is 2.35. The molecule has 0 spiro atoms. The van der Waals surface area contributed by atoms with Crippen molar-refractivity contribution in [3.8, 4) is 5.75 Å². The van der Waals surface area contributed by atoms with Gasteiger partial charge in [0.2, 0.25) is 0 Å². The minimum atomic E-state index is -4.63. The largest absolute Gasteiger partial charge is 0.493 e. The van der Waals surface area contributed by atoms with Gasteiger partial charge in [-0.15, -0.1) is 0 Å². The number of aliphatic hydroxyl groups is 1. The van der Waals surface area contributed by atoms with Crippen LogP contribution in [-0.4, -0.2) is 45.3 Å². The predicted molar refractivity (Wildman–Crippen MR) is 136 cm³/mol. The highest BCUT2D eigenvalue weighted by Gasteiger charge is 2.33. The maximum Gasteiger partial charge on any atom is 0.416 e. The van der Waals surface area contributed by atoms with E-state index in [2.05, 4.69) is 4.99 Å². The highest BCUT2D eigenvalue weighted by molar-refractivity contribution is 5.97. The van der Waals surface area contributed by atoms with E-state index < -0.39 is 23.2 Å². The fourth-order valence-corrected chi connectivity index (χ4v) is 5.36. The molecule has 2 heterocycles. The molecule has 1 atom stereocenters. The Labute approximate surface area is 221 Å². The first-order valence-electron chi connectivity index (χ1n) is 13.3. The molecule has 0 bridgehead atoms. The van der Waals surface area contributed by atoms with Gasteiger partial charge in [-0.05, 0) is 43.9 Å². The lowest BCUT2D eigenvalue weighted by Gasteiger charge is -2.22. The average Bonchev–Trinajstić information content (AvgIpc) is 3.56. The van der Waals surface area contributed by atoms with E-state index in [0.29, 0.717) is 37.9 Å². The number of ether oxygens (including phenoxy) is 2. The third kappa shape index (κ3) is 6.51. The summed E-state index contributed by atoms with van der Waals surface area (Å²) in [7, 11) is 1.88. The molecular weight excluding hydrogens is 499 g/mol. The van der Waals surface area contributed by atoms with Crippen LogP contribution in [0.4, 0.5) is 13.2 Å². The Kier molecular flexibility index (Phi) is 8.14. The number of alkyl halides is 3. The van der Waals surface area contributed by atoms with E-state index in [-0.39, 0.29) is 29.4 Å². The molecule has 10 heteroatoms. The molecule has 1 saturated carbocycles. The Bertz CT molecular complexity index is 1210. The third-order valence-electron chi connectivity index (χ3n) is 7.52. The quantitative estimate of drug-likeness (QED) is 0.531. The van der Waals surface area contributed by atoms with Crippen molar-refractivity contribution in [1.29, 1.82) is 0 Å². The number of carbonyl (C=O) groups excluding carboxylic acids is 1. The Balaban J connectivity index is 1.70. The van der Waals surface area contributed by atoms with Crippen molar-refractivity contribution in [3.63, 3.8) is 0 Å². The number of halogens is 3. The summed E-state index contributed by atoms with van der Waals surface area (Å²) in [6.07, 6.45) is 0.712. The Hall–Kier alpha value is -2.59. The van der Waals surface area contributed by atoms with Gasteiger partial charge in [-0.3, -0.25) is 14.2 Å². The summed E-state index contributed by atoms with van der Waals surface area (Å²) in [6.45, 7) is 7.36. The summed E-state index contributed by atoms with van der Waals surface area (Å²) < 4.78 is 56.0. The van der Waals surface area contributed by atoms with Crippen molar-refractivity contribution in [2.75, 3.05) is 13.2 Å². The minimum Gasteiger partial charge on any atom is -0.493 e. The highest BCUT2D eigenvalue weighted by atomic mass is 19.4. The number of carbonyl (C=O) groups is 1. The van der Waals surface area contributed by atoms with E-state index >= 15 is 0 Å². The SMILES string of the molecule is Cn1c(C(C)(C)C)cc(=NC(=O)c2cc(C(F)(F)F)ccc2OCCC2(O)CCCC2)n1C[C@H]1CCCO1. The lowest BCUT2D eigenvalue weighted by Crippen LogP contribution is -2.30. The maximum absolute atomic E-state index is 13.5. The number of benzene rings is 1. The second-order valence-electron chi connectivity index (χ2n) is 11.5. The van der Waals surface area contributed by atoms with E-state index in [0.717, 1.165) is 49.6 Å². The fourth-order valence-electron chi connectivity index (χ4n) is 5.36. The van der Waals surface area contributed by atoms with Crippen LogP contribution < -0.4 is 10.2 Å². The summed E-state index contributed by atoms with van der Waals surface area (Å²) in [4.78, 5) is 17.7. The predicted octanol–water partition coefficient (Wildman–Crippen LogP) is 5.14. The molecule has 2 aliphatic rings. The zero-order valence-electron chi connectivity index (χ0n) is 22.6. The monoisotopic (exact) mass is 537 g/mol. The Morgan fingerprint density at radius 2 is 1.89 bits per heavy atom. The number of nitrogens with zero attached hydrogens (tertiary/aromatic N) is 3. The van der Waals surface area contributed by atoms with Crippen LogP contribution in [0.3, 0.4) is 0 Å². The molecule has 1 aliphatic heterocycles. The van der Waals surface area contributed by atoms with Gasteiger partial charge in [0.25, 0.3) is 5.91 Å². The van der Waals surface area contributed by atoms with Gasteiger partial charge in [0.05, 0.1) is 36.0 Å². The molecule has 2 aromatic rings. The van der Waals surface area contributed by atoms with Gasteiger partial charge in [0.15, 0.2) is 5.49 Å². The molecule has 1 aromatic heterocycles. The van der Waals surface area contributed by atoms with Crippen molar-refractivity contribution < 1.29 is 32.5 Å². The van der Waals surface area contributed by atoms with Crippen molar-refractivity contribution >= 4 is 5.91 Å². The van der Waals surface area contributed by atoms with E-state index in [4.69, 9.17) is 9.47 Å². The third-order valence-corrected chi connectivity index (χ3v) is 7.52. The standard InChI is InChI=1S/C28H38F3N3O4/c1-26(2,3)23-17-24(34(33(23)4)18-20-8-7-14-37-20)32-25(35)21-16-19(28(29,30)31)9-10-22(21)38-15-13-27(36)11-5-6-12-27/h9-10,16-17,20,36H,5-8,11-15,18H2,1-4H3/t20-/m1/s1. The molecule has 0 radical (unpaired) electrons. The van der Waals surface area contributed by atoms with Crippen molar-refractivity contribution in [3.05, 3.63) is 46.6 Å². The molecule has 1 aliphatic carbocycles. The summed E-state index contributed by atoms with van der Waals surface area (Å²) in [6, 6.07) is 4.66. The molecule has 1 saturated heterocycles. The van der Waals surface area contributed by atoms with Gasteiger partial charge in [0.1, 0.15) is 5.75 Å². The average molecular weight is 538 g/mol. The second-order valence-corrected chi connectivity index (χ2v) is 11.5. The summed E-state index contributed by atoms with van der Waals surface area (Å²) in [5, 5.41) is 10.6. The zero-order chi connectivity index (χ0) is 27.7. The van der Waals surface area contributed by atoms with Gasteiger partial charge in [0, 0.05) is 37.3 Å². The van der Waals surface area contributed by atoms with E-state index in [1.54, 1.807) is 6.07 Å². The van der Waals surface area contributed by atoms with Crippen LogP contribution in [0, 0.1) is 0 Å². The normalized spacial score (nSPS) is 20.3. The number of hydrogen-bond acceptors (Lipinski definition) is 4. The molecule has 2 fully saturated rings. The van der Waals surface area contributed by atoms with Crippen LogP contribution in [0.2, 0.25) is 0 Å². The number of hydrogen-bond donors (Lipinski definition) is 1. The smallest absolute Gasteiger partial charge is 0.416 e. The fraction of sp³-hybridized carbons (Fsp3) is 0.643. The zero-order valence-corrected chi connectivity index (χ0v) is 22.6. The van der Waals surface area contributed by atoms with E-state index in [1.165, 1.54) is 0 Å². The molecule has 1 amide bonds. The van der Waals surface area contributed by atoms with Crippen LogP contribution in [0.25, 0.3) is 0 Å². The summed E-state index contributed by atoms with van der Waals surface area (Å²) in [5.41, 5.74) is -1.03. The topological polar surface area (TPSA) is 78.0 Å². The maximum atomic E-state index is 13.5. The molecule has 210 valence electrons. The number of aromatic nitrogens is 2. The van der Waals surface area contributed by atoms with Gasteiger partial charge in [-0.1, -0.05) is 33.6 Å². The van der Waals surface area contributed by atoms with Gasteiger partial charge < -0.3 is 14.6 Å². The first-order valence-corrected chi connectivity index (χ1v) is 13.3. The van der Waals surface area contributed by atoms with E-state index in [1.807, 2.05) is 37.2 Å². The molecule has 38 heavy (non-hydrogen) atoms. The second kappa shape index (κ2) is 10.9. The molecule has 4 rings (SSSR count). The number of rotatable bonds is 7. The van der Waals surface area contributed by atoms with Crippen molar-refractivity contribution in [2.24, 2.45) is 12.0 Å². The minimum absolute atomic E-state index is 0.0194. The lowest BCUT2D eigenvalue weighted by molar-refractivity contribution is -0.137. The van der Waals surface area contributed by atoms with Crippen LogP contribution in [0.5, 0.6) is 5.75 Å². The van der Waals surface area contributed by atoms with Crippen LogP contribution in [-0.2, 0) is 29.9 Å². The lowest BCUT2D eigenvalue weighted by atomic mass is 9.92. The Morgan fingerprint density at radius 3 is 2.50 bits per heavy atom. The van der Waals surface area contributed by atoms with Gasteiger partial charge in [-0.2, -0.15) is 18.2 Å². The van der Waals surface area contributed by atoms with Crippen LogP contribution >= 0.6 is 0 Å². The van der Waals surface area contributed by atoms with E-state index in [9.17, 15) is 23.1 Å². The number of amides is 1. The summed E-state index contributed by atoms with van der Waals surface area (Å²) in [5.74, 6) is -0.802. The van der Waals surface area contributed by atoms with Crippen molar-refractivity contribution in [2.45, 2.75) is 95.6 Å². The van der Waals surface area contributed by atoms with Crippen LogP contribution in [0.1, 0.15) is 87.3 Å². The van der Waals surface area contributed by atoms with Gasteiger partial charge >= 0.3 is 6.18 Å². The summed E-state index contributed by atoms with van der Waals surface area (Å²) >= 11 is 0. The first-order chi connectivity index (χ1) is 17.8. The van der Waals surface area contributed by atoms with Crippen LogP contribution in [0.15, 0.2) is 29.3 Å². The van der Waals surface area contributed by atoms with Gasteiger partial charge in [-0.25, -0.2) is 0 Å². The molecule has 7 nitrogen and oxygen atoms in total. The Morgan fingerprint density at radius 1 is 1.18 bits per heavy atom. The molecule has 1 N–H and O–H groups in total.